The molecule has 0 unspecified atom stereocenters. The first kappa shape index (κ1) is 15.2. The summed E-state index contributed by atoms with van der Waals surface area (Å²) < 4.78 is 14.2. The summed E-state index contributed by atoms with van der Waals surface area (Å²) in [7, 11) is 0. The quantitative estimate of drug-likeness (QED) is 0.244. The van der Waals surface area contributed by atoms with E-state index in [9.17, 15) is 9.18 Å². The summed E-state index contributed by atoms with van der Waals surface area (Å²) >= 11 is 2.13. The molecule has 0 bridgehead atoms. The van der Waals surface area contributed by atoms with Crippen LogP contribution in [0.4, 0.5) is 10.1 Å². The number of carbonyl (C=O) groups is 1. The lowest BCUT2D eigenvalue weighted by Crippen LogP contribution is -2.19. The molecule has 0 aromatic heterocycles. The van der Waals surface area contributed by atoms with E-state index in [4.69, 9.17) is 10.9 Å². The Labute approximate surface area is 133 Å². The van der Waals surface area contributed by atoms with Crippen molar-refractivity contribution in [3.63, 3.8) is 0 Å². The van der Waals surface area contributed by atoms with Crippen LogP contribution in [0.25, 0.3) is 0 Å². The monoisotopic (exact) mass is 399 g/mol. The van der Waals surface area contributed by atoms with Gasteiger partial charge < -0.3 is 16.3 Å². The number of hydrogen-bond donors (Lipinski definition) is 3. The largest absolute Gasteiger partial charge is 0.409 e. The van der Waals surface area contributed by atoms with Gasteiger partial charge >= 0.3 is 0 Å². The van der Waals surface area contributed by atoms with Crippen LogP contribution in [0.3, 0.4) is 0 Å². The van der Waals surface area contributed by atoms with Crippen LogP contribution in [0.15, 0.2) is 47.6 Å². The van der Waals surface area contributed by atoms with E-state index in [-0.39, 0.29) is 23.0 Å². The zero-order valence-corrected chi connectivity index (χ0v) is 12.8. The molecular formula is C14H11FIN3O2. The van der Waals surface area contributed by atoms with Crippen LogP contribution in [-0.2, 0) is 0 Å². The summed E-state index contributed by atoms with van der Waals surface area (Å²) in [5, 5.41) is 14.1. The molecule has 0 saturated carbocycles. The fraction of sp³-hybridized carbons (Fsp3) is 0. The van der Waals surface area contributed by atoms with E-state index in [1.165, 1.54) is 12.1 Å². The molecule has 4 N–H and O–H groups in total. The molecule has 0 atom stereocenters. The molecule has 21 heavy (non-hydrogen) atoms. The summed E-state index contributed by atoms with van der Waals surface area (Å²) in [6.45, 7) is 0. The van der Waals surface area contributed by atoms with Gasteiger partial charge in [-0.2, -0.15) is 0 Å². The average molecular weight is 399 g/mol. The fourth-order valence-electron chi connectivity index (χ4n) is 1.69. The van der Waals surface area contributed by atoms with Crippen molar-refractivity contribution in [3.05, 3.63) is 63.0 Å². The van der Waals surface area contributed by atoms with Crippen LogP contribution < -0.4 is 11.1 Å². The molecule has 5 nitrogen and oxygen atoms in total. The molecule has 0 radical (unpaired) electrons. The van der Waals surface area contributed by atoms with Gasteiger partial charge in [-0.15, -0.1) is 0 Å². The topological polar surface area (TPSA) is 87.7 Å². The van der Waals surface area contributed by atoms with Crippen molar-refractivity contribution in [2.75, 3.05) is 5.32 Å². The number of rotatable bonds is 3. The van der Waals surface area contributed by atoms with Crippen molar-refractivity contribution in [2.24, 2.45) is 10.9 Å². The van der Waals surface area contributed by atoms with Crippen LogP contribution in [0, 0.1) is 9.39 Å². The molecule has 0 saturated heterocycles. The van der Waals surface area contributed by atoms with Gasteiger partial charge in [0.2, 0.25) is 0 Å². The maximum atomic E-state index is 13.2. The van der Waals surface area contributed by atoms with E-state index >= 15 is 0 Å². The SMILES string of the molecule is N/C(=N/O)c1cc(F)ccc1NC(=O)c1ccc(I)cc1. The molecule has 2 aromatic rings. The molecule has 0 aliphatic rings. The maximum Gasteiger partial charge on any atom is 0.255 e. The number of anilines is 1. The highest BCUT2D eigenvalue weighted by atomic mass is 127. The second kappa shape index (κ2) is 6.53. The van der Waals surface area contributed by atoms with Gasteiger partial charge in [-0.3, -0.25) is 4.79 Å². The molecule has 0 spiro atoms. The van der Waals surface area contributed by atoms with Crippen LogP contribution in [0.2, 0.25) is 0 Å². The number of benzene rings is 2. The van der Waals surface area contributed by atoms with E-state index in [1.54, 1.807) is 24.3 Å². The molecular weight excluding hydrogens is 388 g/mol. The second-order valence-corrected chi connectivity index (χ2v) is 5.38. The lowest BCUT2D eigenvalue weighted by molar-refractivity contribution is 0.102. The molecule has 7 heteroatoms. The first-order chi connectivity index (χ1) is 10.0. The number of nitrogens with one attached hydrogen (secondary N) is 1. The lowest BCUT2D eigenvalue weighted by Gasteiger charge is -2.10. The third-order valence-electron chi connectivity index (χ3n) is 2.72. The molecule has 0 aliphatic carbocycles. The summed E-state index contributed by atoms with van der Waals surface area (Å²) in [6, 6.07) is 10.5. The normalized spacial score (nSPS) is 11.2. The Bertz CT molecular complexity index is 702. The number of oxime groups is 1. The number of amides is 1. The summed E-state index contributed by atoms with van der Waals surface area (Å²) in [4.78, 5) is 12.1. The minimum Gasteiger partial charge on any atom is -0.409 e. The predicted octanol–water partition coefficient (Wildman–Crippen LogP) is 2.78. The molecule has 0 fully saturated rings. The highest BCUT2D eigenvalue weighted by Gasteiger charge is 2.12. The van der Waals surface area contributed by atoms with Crippen molar-refractivity contribution in [1.29, 1.82) is 0 Å². The van der Waals surface area contributed by atoms with E-state index in [0.29, 0.717) is 5.56 Å². The zero-order valence-electron chi connectivity index (χ0n) is 10.7. The van der Waals surface area contributed by atoms with Crippen molar-refractivity contribution >= 4 is 40.0 Å². The van der Waals surface area contributed by atoms with Crippen LogP contribution >= 0.6 is 22.6 Å². The van der Waals surface area contributed by atoms with E-state index in [1.807, 2.05) is 0 Å². The molecule has 108 valence electrons. The first-order valence-corrected chi connectivity index (χ1v) is 6.93. The molecule has 0 heterocycles. The fourth-order valence-corrected chi connectivity index (χ4v) is 2.05. The van der Waals surface area contributed by atoms with Gasteiger partial charge in [0.15, 0.2) is 5.84 Å². The van der Waals surface area contributed by atoms with Crippen LogP contribution in [0.5, 0.6) is 0 Å². The smallest absolute Gasteiger partial charge is 0.255 e. The molecule has 0 aliphatic heterocycles. The van der Waals surface area contributed by atoms with E-state index < -0.39 is 5.82 Å². The Kier molecular flexibility index (Phi) is 4.73. The predicted molar refractivity (Wildman–Crippen MR) is 86.0 cm³/mol. The van der Waals surface area contributed by atoms with Crippen molar-refractivity contribution in [3.8, 4) is 0 Å². The second-order valence-electron chi connectivity index (χ2n) is 4.14. The van der Waals surface area contributed by atoms with Gasteiger partial charge in [-0.1, -0.05) is 5.16 Å². The van der Waals surface area contributed by atoms with Gasteiger partial charge in [0.25, 0.3) is 5.91 Å². The number of hydrogen-bond acceptors (Lipinski definition) is 3. The maximum absolute atomic E-state index is 13.2. The van der Waals surface area contributed by atoms with Gasteiger partial charge in [0, 0.05) is 14.7 Å². The highest BCUT2D eigenvalue weighted by molar-refractivity contribution is 14.1. The van der Waals surface area contributed by atoms with E-state index in [2.05, 4.69) is 33.1 Å². The summed E-state index contributed by atoms with van der Waals surface area (Å²) in [5.41, 5.74) is 6.30. The van der Waals surface area contributed by atoms with Gasteiger partial charge in [0.1, 0.15) is 5.82 Å². The molecule has 2 rings (SSSR count). The Balaban J connectivity index is 2.31. The highest BCUT2D eigenvalue weighted by Crippen LogP contribution is 2.18. The van der Waals surface area contributed by atoms with Crippen molar-refractivity contribution in [2.45, 2.75) is 0 Å². The van der Waals surface area contributed by atoms with Gasteiger partial charge in [0.05, 0.1) is 5.69 Å². The number of halogens is 2. The summed E-state index contributed by atoms with van der Waals surface area (Å²) in [6.07, 6.45) is 0. The van der Waals surface area contributed by atoms with E-state index in [0.717, 1.165) is 9.64 Å². The molecule has 1 amide bonds. The van der Waals surface area contributed by atoms with Crippen molar-refractivity contribution in [1.82, 2.24) is 0 Å². The summed E-state index contributed by atoms with van der Waals surface area (Å²) in [5.74, 6) is -1.21. The van der Waals surface area contributed by atoms with Crippen molar-refractivity contribution < 1.29 is 14.4 Å². The number of nitrogens with zero attached hydrogens (tertiary/aromatic N) is 1. The molecule has 2 aromatic carbocycles. The zero-order chi connectivity index (χ0) is 15.4. The van der Waals surface area contributed by atoms with Crippen LogP contribution in [-0.4, -0.2) is 17.0 Å². The third kappa shape index (κ3) is 3.69. The van der Waals surface area contributed by atoms with Gasteiger partial charge in [-0.25, -0.2) is 4.39 Å². The Morgan fingerprint density at radius 3 is 2.52 bits per heavy atom. The number of carbonyl (C=O) groups excluding carboxylic acids is 1. The first-order valence-electron chi connectivity index (χ1n) is 5.85. The Morgan fingerprint density at radius 2 is 1.90 bits per heavy atom. The minimum atomic E-state index is -0.552. The lowest BCUT2D eigenvalue weighted by atomic mass is 10.1. The Morgan fingerprint density at radius 1 is 1.24 bits per heavy atom. The standard InChI is InChI=1S/C14H11FIN3O2/c15-9-3-6-12(11(7-9)13(17)19-21)18-14(20)8-1-4-10(16)5-2-8/h1-7,21H,(H2,17,19)(H,18,20). The number of amidine groups is 1. The van der Waals surface area contributed by atoms with Gasteiger partial charge in [-0.05, 0) is 65.1 Å². The third-order valence-corrected chi connectivity index (χ3v) is 3.44. The minimum absolute atomic E-state index is 0.108. The van der Waals surface area contributed by atoms with Crippen LogP contribution in [0.1, 0.15) is 15.9 Å². The Hall–Kier alpha value is -2.16. The number of nitrogens with two attached hydrogens (primary N) is 1. The average Bonchev–Trinajstić information content (AvgIpc) is 2.48.